The first-order valence-electron chi connectivity index (χ1n) is 8.43. The summed E-state index contributed by atoms with van der Waals surface area (Å²) in [4.78, 5) is 15.4. The molecule has 4 rings (SSSR count). The van der Waals surface area contributed by atoms with Crippen LogP contribution in [0.2, 0.25) is 0 Å². The minimum Gasteiger partial charge on any atom is -0.493 e. The molecule has 1 aliphatic heterocycles. The molecule has 2 N–H and O–H groups in total. The Morgan fingerprint density at radius 2 is 2.24 bits per heavy atom. The highest BCUT2D eigenvalue weighted by Gasteiger charge is 2.21. The number of benzene rings is 2. The number of aromatic amines is 1. The molecule has 4 nitrogen and oxygen atoms in total. The Kier molecular flexibility index (Phi) is 3.92. The molecule has 1 atom stereocenters. The van der Waals surface area contributed by atoms with Gasteiger partial charge in [0.15, 0.2) is 0 Å². The number of carbonyl (C=O) groups is 1. The molecule has 0 saturated carbocycles. The number of nitrogens with one attached hydrogen (secondary N) is 2. The normalized spacial score (nSPS) is 15.8. The van der Waals surface area contributed by atoms with Crippen LogP contribution in [0.5, 0.6) is 5.75 Å². The Morgan fingerprint density at radius 1 is 1.36 bits per heavy atom. The summed E-state index contributed by atoms with van der Waals surface area (Å²) in [6.07, 6.45) is 2.37. The summed E-state index contributed by atoms with van der Waals surface area (Å²) >= 11 is 0. The van der Waals surface area contributed by atoms with Crippen molar-refractivity contribution in [3.8, 4) is 5.75 Å². The monoisotopic (exact) mass is 338 g/mol. The van der Waals surface area contributed by atoms with Gasteiger partial charge in [0.2, 0.25) is 0 Å². The van der Waals surface area contributed by atoms with Crippen LogP contribution in [-0.2, 0) is 6.42 Å². The van der Waals surface area contributed by atoms with Gasteiger partial charge in [0, 0.05) is 40.7 Å². The van der Waals surface area contributed by atoms with E-state index in [1.54, 1.807) is 18.3 Å². The summed E-state index contributed by atoms with van der Waals surface area (Å²) in [7, 11) is 0. The van der Waals surface area contributed by atoms with Crippen molar-refractivity contribution in [2.45, 2.75) is 19.3 Å². The fourth-order valence-electron chi connectivity index (χ4n) is 3.33. The molecule has 0 fully saturated rings. The van der Waals surface area contributed by atoms with E-state index >= 15 is 0 Å². The van der Waals surface area contributed by atoms with Gasteiger partial charge in [0.25, 0.3) is 5.91 Å². The number of halogens is 1. The third-order valence-electron chi connectivity index (χ3n) is 4.71. The van der Waals surface area contributed by atoms with Crippen molar-refractivity contribution in [2.24, 2.45) is 0 Å². The van der Waals surface area contributed by atoms with Gasteiger partial charge >= 0.3 is 0 Å². The first kappa shape index (κ1) is 15.7. The Hall–Kier alpha value is -2.82. The number of aromatic nitrogens is 1. The van der Waals surface area contributed by atoms with E-state index in [-0.39, 0.29) is 11.7 Å². The molecule has 1 aliphatic rings. The summed E-state index contributed by atoms with van der Waals surface area (Å²) in [5, 5.41) is 3.51. The van der Waals surface area contributed by atoms with Crippen LogP contribution in [0.4, 0.5) is 4.39 Å². The maximum Gasteiger partial charge on any atom is 0.251 e. The highest BCUT2D eigenvalue weighted by molar-refractivity contribution is 5.94. The van der Waals surface area contributed by atoms with Gasteiger partial charge in [-0.1, -0.05) is 13.0 Å². The standard InChI is InChI=1S/C20H19FN2O2/c1-12-11-25-18-6-5-13(9-15(12)18)20(24)22-8-7-14-10-23-17-4-2-3-16(21)19(14)17/h2-6,9-10,12,23H,7-8,11H2,1H3,(H,22,24). The minimum atomic E-state index is -0.243. The van der Waals surface area contributed by atoms with Gasteiger partial charge in [0.05, 0.1) is 6.61 Å². The zero-order valence-corrected chi connectivity index (χ0v) is 13.9. The number of ether oxygens (including phenoxy) is 1. The van der Waals surface area contributed by atoms with Gasteiger partial charge in [0.1, 0.15) is 11.6 Å². The van der Waals surface area contributed by atoms with Gasteiger partial charge in [-0.2, -0.15) is 0 Å². The number of rotatable bonds is 4. The molecular weight excluding hydrogens is 319 g/mol. The Bertz CT molecular complexity index is 948. The fraction of sp³-hybridized carbons (Fsp3) is 0.250. The van der Waals surface area contributed by atoms with E-state index in [1.807, 2.05) is 18.2 Å². The van der Waals surface area contributed by atoms with E-state index in [0.717, 1.165) is 22.4 Å². The van der Waals surface area contributed by atoms with Gasteiger partial charge in [-0.15, -0.1) is 0 Å². The second kappa shape index (κ2) is 6.24. The number of H-pyrrole nitrogens is 1. The lowest BCUT2D eigenvalue weighted by Gasteiger charge is -2.07. The third kappa shape index (κ3) is 2.86. The van der Waals surface area contributed by atoms with Crippen LogP contribution >= 0.6 is 0 Å². The maximum absolute atomic E-state index is 14.0. The highest BCUT2D eigenvalue weighted by Crippen LogP contribution is 2.34. The molecule has 2 heterocycles. The molecule has 1 aromatic heterocycles. The van der Waals surface area contributed by atoms with Crippen molar-refractivity contribution in [1.82, 2.24) is 10.3 Å². The minimum absolute atomic E-state index is 0.123. The van der Waals surface area contributed by atoms with Gasteiger partial charge in [-0.25, -0.2) is 4.39 Å². The van der Waals surface area contributed by atoms with E-state index in [1.165, 1.54) is 6.07 Å². The van der Waals surface area contributed by atoms with Crippen LogP contribution in [0.1, 0.15) is 34.3 Å². The molecule has 0 bridgehead atoms. The zero-order valence-electron chi connectivity index (χ0n) is 13.9. The van der Waals surface area contributed by atoms with Crippen molar-refractivity contribution in [3.63, 3.8) is 0 Å². The quantitative estimate of drug-likeness (QED) is 0.761. The Labute approximate surface area is 145 Å². The predicted molar refractivity (Wildman–Crippen MR) is 94.6 cm³/mol. The van der Waals surface area contributed by atoms with Crippen LogP contribution in [0.3, 0.4) is 0 Å². The number of fused-ring (bicyclic) bond motifs is 2. The second-order valence-electron chi connectivity index (χ2n) is 6.45. The topological polar surface area (TPSA) is 54.1 Å². The molecular formula is C20H19FN2O2. The Balaban J connectivity index is 1.43. The molecule has 0 saturated heterocycles. The van der Waals surface area contributed by atoms with Crippen molar-refractivity contribution in [1.29, 1.82) is 0 Å². The summed E-state index contributed by atoms with van der Waals surface area (Å²) in [6.45, 7) is 3.19. The lowest BCUT2D eigenvalue weighted by Crippen LogP contribution is -2.25. The summed E-state index contributed by atoms with van der Waals surface area (Å²) in [5.41, 5.74) is 3.34. The van der Waals surface area contributed by atoms with E-state index in [2.05, 4.69) is 17.2 Å². The van der Waals surface area contributed by atoms with E-state index < -0.39 is 0 Å². The molecule has 1 amide bonds. The first-order chi connectivity index (χ1) is 12.1. The molecule has 128 valence electrons. The maximum atomic E-state index is 14.0. The molecule has 0 aliphatic carbocycles. The highest BCUT2D eigenvalue weighted by atomic mass is 19.1. The molecule has 3 aromatic rings. The molecule has 5 heteroatoms. The lowest BCUT2D eigenvalue weighted by atomic mass is 10.0. The van der Waals surface area contributed by atoms with Crippen LogP contribution in [0.15, 0.2) is 42.6 Å². The van der Waals surface area contributed by atoms with E-state index in [0.29, 0.717) is 36.4 Å². The van der Waals surface area contributed by atoms with Crippen LogP contribution in [0.25, 0.3) is 10.9 Å². The lowest BCUT2D eigenvalue weighted by molar-refractivity contribution is 0.0954. The second-order valence-corrected chi connectivity index (χ2v) is 6.45. The molecule has 0 spiro atoms. The largest absolute Gasteiger partial charge is 0.493 e. The smallest absolute Gasteiger partial charge is 0.251 e. The Morgan fingerprint density at radius 3 is 3.12 bits per heavy atom. The zero-order chi connectivity index (χ0) is 17.4. The van der Waals surface area contributed by atoms with Crippen molar-refractivity contribution in [3.05, 3.63) is 65.1 Å². The fourth-order valence-corrected chi connectivity index (χ4v) is 3.33. The van der Waals surface area contributed by atoms with E-state index in [4.69, 9.17) is 4.74 Å². The van der Waals surface area contributed by atoms with Gasteiger partial charge in [-0.3, -0.25) is 4.79 Å². The average molecular weight is 338 g/mol. The molecule has 2 aromatic carbocycles. The van der Waals surface area contributed by atoms with Crippen LogP contribution < -0.4 is 10.1 Å². The molecule has 1 unspecified atom stereocenters. The predicted octanol–water partition coefficient (Wildman–Crippen LogP) is 3.78. The average Bonchev–Trinajstić information content (AvgIpc) is 3.20. The van der Waals surface area contributed by atoms with Crippen LogP contribution in [-0.4, -0.2) is 24.0 Å². The summed E-state index contributed by atoms with van der Waals surface area (Å²) in [6, 6.07) is 10.5. The van der Waals surface area contributed by atoms with Crippen molar-refractivity contribution < 1.29 is 13.9 Å². The number of carbonyl (C=O) groups excluding carboxylic acids is 1. The number of amides is 1. The first-order valence-corrected chi connectivity index (χ1v) is 8.43. The van der Waals surface area contributed by atoms with E-state index in [9.17, 15) is 9.18 Å². The SMILES string of the molecule is CC1COc2ccc(C(=O)NCCc3c[nH]c4cccc(F)c34)cc21. The van der Waals surface area contributed by atoms with Gasteiger partial charge < -0.3 is 15.0 Å². The number of hydrogen-bond donors (Lipinski definition) is 2. The number of hydrogen-bond acceptors (Lipinski definition) is 2. The van der Waals surface area contributed by atoms with Crippen molar-refractivity contribution in [2.75, 3.05) is 13.2 Å². The summed E-state index contributed by atoms with van der Waals surface area (Å²) < 4.78 is 19.5. The third-order valence-corrected chi connectivity index (χ3v) is 4.71. The van der Waals surface area contributed by atoms with Crippen LogP contribution in [0, 0.1) is 5.82 Å². The van der Waals surface area contributed by atoms with Crippen molar-refractivity contribution >= 4 is 16.8 Å². The van der Waals surface area contributed by atoms with Gasteiger partial charge in [-0.05, 0) is 42.3 Å². The summed E-state index contributed by atoms with van der Waals surface area (Å²) in [5.74, 6) is 0.796. The molecule has 0 radical (unpaired) electrons. The molecule has 25 heavy (non-hydrogen) atoms.